The highest BCUT2D eigenvalue weighted by atomic mass is 32.2. The van der Waals surface area contributed by atoms with E-state index in [9.17, 15) is 8.42 Å². The first-order valence-electron chi connectivity index (χ1n) is 9.10. The predicted octanol–water partition coefficient (Wildman–Crippen LogP) is 2.46. The number of sulfonamides is 1. The number of benzene rings is 1. The first-order chi connectivity index (χ1) is 12.1. The number of hydrogen-bond acceptors (Lipinski definition) is 5. The second-order valence-corrected chi connectivity index (χ2v) is 9.06. The van der Waals surface area contributed by atoms with Crippen molar-refractivity contribution >= 4 is 26.9 Å². The van der Waals surface area contributed by atoms with E-state index in [1.165, 1.54) is 0 Å². The maximum Gasteiger partial charge on any atom is 0.216 e. The van der Waals surface area contributed by atoms with Crippen molar-refractivity contribution in [1.29, 1.82) is 0 Å². The van der Waals surface area contributed by atoms with Crippen LogP contribution in [0.2, 0.25) is 0 Å². The highest BCUT2D eigenvalue weighted by Crippen LogP contribution is 2.25. The van der Waals surface area contributed by atoms with Crippen LogP contribution in [0, 0.1) is 0 Å². The van der Waals surface area contributed by atoms with Crippen LogP contribution in [-0.4, -0.2) is 42.8 Å². The van der Waals surface area contributed by atoms with Gasteiger partial charge in [0.1, 0.15) is 5.82 Å². The normalized spacial score (nSPS) is 22.6. The van der Waals surface area contributed by atoms with Gasteiger partial charge in [0.25, 0.3) is 0 Å². The molecule has 1 N–H and O–H groups in total. The number of fused-ring (bicyclic) bond motifs is 1. The maximum absolute atomic E-state index is 12.8. The van der Waals surface area contributed by atoms with Crippen LogP contribution in [0.3, 0.4) is 0 Å². The Bertz CT molecular complexity index is 849. The van der Waals surface area contributed by atoms with E-state index in [-0.39, 0.29) is 11.3 Å². The molecule has 0 bridgehead atoms. The van der Waals surface area contributed by atoms with Crippen LogP contribution >= 0.6 is 0 Å². The minimum atomic E-state index is -3.29. The molecule has 0 amide bonds. The van der Waals surface area contributed by atoms with Crippen molar-refractivity contribution in [2.75, 3.05) is 18.0 Å². The maximum atomic E-state index is 12.8. The molecule has 1 saturated carbocycles. The fourth-order valence-corrected chi connectivity index (χ4v) is 5.62. The van der Waals surface area contributed by atoms with Crippen LogP contribution in [0.15, 0.2) is 30.5 Å². The first kappa shape index (κ1) is 16.7. The van der Waals surface area contributed by atoms with Crippen molar-refractivity contribution < 1.29 is 8.42 Å². The molecule has 1 atom stereocenters. The van der Waals surface area contributed by atoms with E-state index in [1.54, 1.807) is 6.20 Å². The molecule has 25 heavy (non-hydrogen) atoms. The molecule has 0 unspecified atom stereocenters. The Kier molecular flexibility index (Phi) is 4.60. The van der Waals surface area contributed by atoms with Crippen LogP contribution in [0.1, 0.15) is 38.5 Å². The summed E-state index contributed by atoms with van der Waals surface area (Å²) in [6, 6.07) is 7.87. The van der Waals surface area contributed by atoms with Gasteiger partial charge in [-0.05, 0) is 37.8 Å². The smallest absolute Gasteiger partial charge is 0.216 e. The Morgan fingerprint density at radius 2 is 1.80 bits per heavy atom. The lowest BCUT2D eigenvalue weighted by Gasteiger charge is -2.33. The molecular formula is C18H24N4O2S. The minimum absolute atomic E-state index is 0.126. The van der Waals surface area contributed by atoms with Crippen LogP contribution in [0.25, 0.3) is 11.0 Å². The average Bonchev–Trinajstić information content (AvgIpc) is 3.14. The molecule has 2 heterocycles. The van der Waals surface area contributed by atoms with E-state index in [0.717, 1.165) is 55.5 Å². The van der Waals surface area contributed by atoms with Crippen LogP contribution in [0.5, 0.6) is 0 Å². The van der Waals surface area contributed by atoms with Crippen molar-refractivity contribution in [1.82, 2.24) is 14.7 Å². The lowest BCUT2D eigenvalue weighted by atomic mass is 10.1. The SMILES string of the molecule is O=S(=O)(NC1CCCC1)[C@H]1CCCN(c2cnc3ccccc3n2)C1. The summed E-state index contributed by atoms with van der Waals surface area (Å²) in [5, 5.41) is -0.380. The predicted molar refractivity (Wildman–Crippen MR) is 99.1 cm³/mol. The second kappa shape index (κ2) is 6.88. The Balaban J connectivity index is 1.51. The van der Waals surface area contributed by atoms with E-state index in [4.69, 9.17) is 0 Å². The van der Waals surface area contributed by atoms with Crippen molar-refractivity contribution in [2.45, 2.75) is 49.8 Å². The Hall–Kier alpha value is -1.73. The lowest BCUT2D eigenvalue weighted by Crippen LogP contribution is -2.48. The monoisotopic (exact) mass is 360 g/mol. The molecule has 0 spiro atoms. The van der Waals surface area contributed by atoms with E-state index < -0.39 is 10.0 Å². The fourth-order valence-electron chi connectivity index (χ4n) is 3.87. The van der Waals surface area contributed by atoms with Crippen molar-refractivity contribution in [2.24, 2.45) is 0 Å². The van der Waals surface area contributed by atoms with Crippen molar-refractivity contribution in [3.8, 4) is 0 Å². The quantitative estimate of drug-likeness (QED) is 0.906. The zero-order valence-corrected chi connectivity index (χ0v) is 15.1. The number of hydrogen-bond donors (Lipinski definition) is 1. The first-order valence-corrected chi connectivity index (χ1v) is 10.6. The van der Waals surface area contributed by atoms with Gasteiger partial charge in [0.05, 0.1) is 22.5 Å². The van der Waals surface area contributed by atoms with E-state index in [0.29, 0.717) is 13.0 Å². The molecule has 4 rings (SSSR count). The summed E-state index contributed by atoms with van der Waals surface area (Å²) in [5.41, 5.74) is 1.70. The number of aromatic nitrogens is 2. The van der Waals surface area contributed by atoms with Crippen LogP contribution in [0.4, 0.5) is 5.82 Å². The summed E-state index contributed by atoms with van der Waals surface area (Å²) in [6.45, 7) is 1.30. The van der Waals surface area contributed by atoms with E-state index >= 15 is 0 Å². The second-order valence-electron chi connectivity index (χ2n) is 7.07. The molecule has 1 aliphatic heterocycles. The third-order valence-electron chi connectivity index (χ3n) is 5.26. The Labute approximate surface area is 148 Å². The number of piperidine rings is 1. The Morgan fingerprint density at radius 1 is 1.04 bits per heavy atom. The minimum Gasteiger partial charge on any atom is -0.354 e. The molecule has 7 heteroatoms. The zero-order chi connectivity index (χ0) is 17.3. The van der Waals surface area contributed by atoms with E-state index in [2.05, 4.69) is 19.6 Å². The molecular weight excluding hydrogens is 336 g/mol. The van der Waals surface area contributed by atoms with Gasteiger partial charge in [-0.3, -0.25) is 4.98 Å². The van der Waals surface area contributed by atoms with Gasteiger partial charge in [0, 0.05) is 19.1 Å². The summed E-state index contributed by atoms with van der Waals surface area (Å²) >= 11 is 0. The van der Waals surface area contributed by atoms with Gasteiger partial charge in [-0.2, -0.15) is 0 Å². The number of nitrogens with one attached hydrogen (secondary N) is 1. The molecule has 6 nitrogen and oxygen atoms in total. The largest absolute Gasteiger partial charge is 0.354 e. The van der Waals surface area contributed by atoms with Crippen LogP contribution < -0.4 is 9.62 Å². The van der Waals surface area contributed by atoms with Gasteiger partial charge in [0.2, 0.25) is 10.0 Å². The van der Waals surface area contributed by atoms with Crippen molar-refractivity contribution in [3.05, 3.63) is 30.5 Å². The van der Waals surface area contributed by atoms with Gasteiger partial charge in [-0.15, -0.1) is 0 Å². The van der Waals surface area contributed by atoms with Gasteiger partial charge in [-0.25, -0.2) is 18.1 Å². The van der Waals surface area contributed by atoms with Crippen molar-refractivity contribution in [3.63, 3.8) is 0 Å². The molecule has 2 aromatic rings. The van der Waals surface area contributed by atoms with Gasteiger partial charge in [0.15, 0.2) is 0 Å². The number of nitrogens with zero attached hydrogens (tertiary/aromatic N) is 3. The molecule has 1 aromatic carbocycles. The number of rotatable bonds is 4. The molecule has 1 aromatic heterocycles. The highest BCUT2D eigenvalue weighted by Gasteiger charge is 2.33. The van der Waals surface area contributed by atoms with Gasteiger partial charge < -0.3 is 4.90 Å². The van der Waals surface area contributed by atoms with E-state index in [1.807, 2.05) is 24.3 Å². The lowest BCUT2D eigenvalue weighted by molar-refractivity contribution is 0.505. The third-order valence-corrected chi connectivity index (χ3v) is 7.19. The van der Waals surface area contributed by atoms with Crippen LogP contribution in [-0.2, 0) is 10.0 Å². The molecule has 1 saturated heterocycles. The third kappa shape index (κ3) is 3.62. The van der Waals surface area contributed by atoms with Gasteiger partial charge >= 0.3 is 0 Å². The molecule has 0 radical (unpaired) electrons. The fraction of sp³-hybridized carbons (Fsp3) is 0.556. The number of para-hydroxylation sites is 2. The highest BCUT2D eigenvalue weighted by molar-refractivity contribution is 7.90. The Morgan fingerprint density at radius 3 is 2.60 bits per heavy atom. The molecule has 134 valence electrons. The summed E-state index contributed by atoms with van der Waals surface area (Å²) in [7, 11) is -3.29. The summed E-state index contributed by atoms with van der Waals surface area (Å²) in [4.78, 5) is 11.2. The molecule has 2 fully saturated rings. The summed E-state index contributed by atoms with van der Waals surface area (Å²) < 4.78 is 28.5. The number of anilines is 1. The average molecular weight is 360 g/mol. The topological polar surface area (TPSA) is 75.2 Å². The summed E-state index contributed by atoms with van der Waals surface area (Å²) in [6.07, 6.45) is 7.48. The molecule has 2 aliphatic rings. The molecule has 1 aliphatic carbocycles. The zero-order valence-electron chi connectivity index (χ0n) is 14.3. The standard InChI is InChI=1S/C18H24N4O2S/c23-25(24,21-14-6-1-2-7-14)15-8-5-11-22(13-15)18-12-19-16-9-3-4-10-17(16)20-18/h3-4,9-10,12,14-15,21H,1-2,5-8,11,13H2/t15-/m0/s1. The van der Waals surface area contributed by atoms with Gasteiger partial charge in [-0.1, -0.05) is 25.0 Å². The summed E-state index contributed by atoms with van der Waals surface area (Å²) in [5.74, 6) is 0.763.